The van der Waals surface area contributed by atoms with Gasteiger partial charge in [-0.1, -0.05) is 37.2 Å². The maximum absolute atomic E-state index is 13.9. The van der Waals surface area contributed by atoms with E-state index in [2.05, 4.69) is 34.6 Å². The minimum absolute atomic E-state index is 0.137. The van der Waals surface area contributed by atoms with Crippen molar-refractivity contribution in [2.75, 3.05) is 6.54 Å². The first kappa shape index (κ1) is 17.5. The highest BCUT2D eigenvalue weighted by Crippen LogP contribution is 2.41. The van der Waals surface area contributed by atoms with Crippen molar-refractivity contribution in [2.45, 2.75) is 51.6 Å². The van der Waals surface area contributed by atoms with Crippen LogP contribution in [-0.4, -0.2) is 23.7 Å². The Balaban J connectivity index is 1.61. The van der Waals surface area contributed by atoms with Crippen LogP contribution in [0.5, 0.6) is 0 Å². The maximum Gasteiger partial charge on any atom is 0.191 e. The summed E-state index contributed by atoms with van der Waals surface area (Å²) in [7, 11) is 0. The van der Waals surface area contributed by atoms with Crippen LogP contribution in [0, 0.1) is 5.82 Å². The number of guanidine groups is 1. The van der Waals surface area contributed by atoms with Gasteiger partial charge in [-0.25, -0.2) is 9.38 Å². The van der Waals surface area contributed by atoms with Gasteiger partial charge < -0.3 is 15.2 Å². The van der Waals surface area contributed by atoms with Crippen molar-refractivity contribution in [3.8, 4) is 0 Å². The van der Waals surface area contributed by atoms with Gasteiger partial charge in [-0.3, -0.25) is 0 Å². The van der Waals surface area contributed by atoms with Crippen LogP contribution in [-0.2, 0) is 6.54 Å². The van der Waals surface area contributed by atoms with Crippen LogP contribution < -0.4 is 10.6 Å². The lowest BCUT2D eigenvalue weighted by molar-refractivity contribution is 0.376. The summed E-state index contributed by atoms with van der Waals surface area (Å²) >= 11 is 0. The summed E-state index contributed by atoms with van der Waals surface area (Å²) in [5.41, 5.74) is 1.71. The normalized spacial score (nSPS) is 20.0. The quantitative estimate of drug-likeness (QED) is 0.621. The number of aliphatic imine (C=N–C) groups is 1. The molecule has 0 amide bonds. The van der Waals surface area contributed by atoms with Crippen LogP contribution in [0.15, 0.2) is 39.8 Å². The first-order valence-corrected chi connectivity index (χ1v) is 8.83. The van der Waals surface area contributed by atoms with Gasteiger partial charge in [0.2, 0.25) is 0 Å². The average Bonchev–Trinajstić information content (AvgIpc) is 3.17. The first-order chi connectivity index (χ1) is 12.1. The van der Waals surface area contributed by atoms with Crippen LogP contribution in [0.4, 0.5) is 4.39 Å². The van der Waals surface area contributed by atoms with E-state index in [1.54, 1.807) is 6.07 Å². The summed E-state index contributed by atoms with van der Waals surface area (Å²) in [4.78, 5) is 4.55. The van der Waals surface area contributed by atoms with Crippen molar-refractivity contribution < 1.29 is 8.91 Å². The van der Waals surface area contributed by atoms with Crippen LogP contribution in [0.2, 0.25) is 0 Å². The van der Waals surface area contributed by atoms with E-state index >= 15 is 0 Å². The van der Waals surface area contributed by atoms with E-state index in [9.17, 15) is 4.39 Å². The maximum atomic E-state index is 13.9. The minimum Gasteiger partial charge on any atom is -0.359 e. The lowest BCUT2D eigenvalue weighted by Gasteiger charge is -2.11. The number of benzene rings is 1. The van der Waals surface area contributed by atoms with E-state index in [0.29, 0.717) is 18.4 Å². The highest BCUT2D eigenvalue weighted by molar-refractivity contribution is 5.80. The Morgan fingerprint density at radius 3 is 2.88 bits per heavy atom. The molecule has 1 saturated carbocycles. The van der Waals surface area contributed by atoms with Crippen molar-refractivity contribution in [1.82, 2.24) is 15.8 Å². The number of nitrogens with zero attached hydrogens (tertiary/aromatic N) is 2. The second-order valence-electron chi connectivity index (χ2n) is 6.68. The lowest BCUT2D eigenvalue weighted by atomic mass is 10.1. The number of nitrogens with one attached hydrogen (secondary N) is 2. The number of aromatic nitrogens is 1. The van der Waals surface area contributed by atoms with Gasteiger partial charge in [0.25, 0.3) is 0 Å². The van der Waals surface area contributed by atoms with Gasteiger partial charge in [0.1, 0.15) is 12.4 Å². The summed E-state index contributed by atoms with van der Waals surface area (Å²) in [5, 5.41) is 10.6. The van der Waals surface area contributed by atoms with Crippen molar-refractivity contribution in [3.63, 3.8) is 0 Å². The molecule has 1 aromatic carbocycles. The van der Waals surface area contributed by atoms with E-state index < -0.39 is 0 Å². The topological polar surface area (TPSA) is 62.5 Å². The molecular formula is C19H25FN4O. The van der Waals surface area contributed by atoms with Gasteiger partial charge in [0, 0.05) is 24.6 Å². The zero-order valence-electron chi connectivity index (χ0n) is 14.9. The molecule has 1 fully saturated rings. The lowest BCUT2D eigenvalue weighted by Crippen LogP contribution is -2.39. The predicted molar refractivity (Wildman–Crippen MR) is 96.1 cm³/mol. The van der Waals surface area contributed by atoms with Crippen LogP contribution in [0.25, 0.3) is 0 Å². The SMILES string of the molecule is CCNC(=NCc1cc(C(C)C)no1)NC1CC1c1ccccc1F. The monoisotopic (exact) mass is 344 g/mol. The molecule has 1 aromatic heterocycles. The van der Waals surface area contributed by atoms with Gasteiger partial charge in [-0.15, -0.1) is 0 Å². The van der Waals surface area contributed by atoms with Gasteiger partial charge in [-0.05, 0) is 30.9 Å². The summed E-state index contributed by atoms with van der Waals surface area (Å²) in [5.74, 6) is 1.85. The molecular weight excluding hydrogens is 319 g/mol. The number of hydrogen-bond donors (Lipinski definition) is 2. The van der Waals surface area contributed by atoms with Crippen LogP contribution in [0.3, 0.4) is 0 Å². The first-order valence-electron chi connectivity index (χ1n) is 8.83. The molecule has 0 bridgehead atoms. The van der Waals surface area contributed by atoms with Crippen LogP contribution in [0.1, 0.15) is 56.0 Å². The van der Waals surface area contributed by atoms with Crippen molar-refractivity contribution >= 4 is 5.96 Å². The molecule has 25 heavy (non-hydrogen) atoms. The predicted octanol–water partition coefficient (Wildman–Crippen LogP) is 3.55. The number of hydrogen-bond acceptors (Lipinski definition) is 3. The largest absolute Gasteiger partial charge is 0.359 e. The Kier molecular flexibility index (Phi) is 5.36. The Morgan fingerprint density at radius 2 is 2.20 bits per heavy atom. The van der Waals surface area contributed by atoms with E-state index in [1.165, 1.54) is 6.07 Å². The van der Waals surface area contributed by atoms with Crippen molar-refractivity contribution in [1.29, 1.82) is 0 Å². The molecule has 3 rings (SSSR count). The fraction of sp³-hybridized carbons (Fsp3) is 0.474. The average molecular weight is 344 g/mol. The molecule has 2 atom stereocenters. The Morgan fingerprint density at radius 1 is 1.40 bits per heavy atom. The van der Waals surface area contributed by atoms with Gasteiger partial charge in [-0.2, -0.15) is 0 Å². The molecule has 1 aliphatic carbocycles. The molecule has 2 N–H and O–H groups in total. The second-order valence-corrected chi connectivity index (χ2v) is 6.68. The van der Waals surface area contributed by atoms with E-state index in [4.69, 9.17) is 4.52 Å². The number of halogens is 1. The molecule has 1 aliphatic rings. The Bertz CT molecular complexity index is 741. The third-order valence-electron chi connectivity index (χ3n) is 4.32. The third-order valence-corrected chi connectivity index (χ3v) is 4.32. The Hall–Kier alpha value is -2.37. The third kappa shape index (κ3) is 4.38. The number of rotatable bonds is 6. The van der Waals surface area contributed by atoms with Gasteiger partial charge in [0.15, 0.2) is 11.7 Å². The van der Waals surface area contributed by atoms with Crippen molar-refractivity contribution in [2.24, 2.45) is 4.99 Å². The standard InChI is InChI=1S/C19H25FN4O/c1-4-21-19(22-11-13-9-17(12(2)3)24-25-13)23-18-10-15(18)14-7-5-6-8-16(14)20/h5-9,12,15,18H,4,10-11H2,1-3H3,(H2,21,22,23). The van der Waals surface area contributed by atoms with E-state index in [-0.39, 0.29) is 17.8 Å². The molecule has 2 unspecified atom stereocenters. The Labute approximate surface area is 147 Å². The molecule has 0 radical (unpaired) electrons. The van der Waals surface area contributed by atoms with E-state index in [1.807, 2.05) is 25.1 Å². The fourth-order valence-corrected chi connectivity index (χ4v) is 2.80. The molecule has 0 saturated heterocycles. The summed E-state index contributed by atoms with van der Waals surface area (Å²) in [6.45, 7) is 7.35. The molecule has 1 heterocycles. The molecule has 0 spiro atoms. The highest BCUT2D eigenvalue weighted by Gasteiger charge is 2.40. The van der Waals surface area contributed by atoms with Crippen molar-refractivity contribution in [3.05, 3.63) is 53.2 Å². The fourth-order valence-electron chi connectivity index (χ4n) is 2.80. The van der Waals surface area contributed by atoms with Crippen LogP contribution >= 0.6 is 0 Å². The molecule has 2 aromatic rings. The zero-order chi connectivity index (χ0) is 17.8. The molecule has 6 heteroatoms. The molecule has 5 nitrogen and oxygen atoms in total. The zero-order valence-corrected chi connectivity index (χ0v) is 14.9. The molecule has 0 aliphatic heterocycles. The molecule has 134 valence electrons. The minimum atomic E-state index is -0.137. The van der Waals surface area contributed by atoms with Gasteiger partial charge in [0.05, 0.1) is 5.69 Å². The van der Waals surface area contributed by atoms with Gasteiger partial charge >= 0.3 is 0 Å². The second kappa shape index (κ2) is 7.68. The summed E-state index contributed by atoms with van der Waals surface area (Å²) < 4.78 is 19.2. The summed E-state index contributed by atoms with van der Waals surface area (Å²) in [6.07, 6.45) is 0.908. The summed E-state index contributed by atoms with van der Waals surface area (Å²) in [6, 6.07) is 9.11. The highest BCUT2D eigenvalue weighted by atomic mass is 19.1. The smallest absolute Gasteiger partial charge is 0.191 e. The van der Waals surface area contributed by atoms with E-state index in [0.717, 1.165) is 30.0 Å².